The van der Waals surface area contributed by atoms with E-state index in [1.54, 1.807) is 29.7 Å². The van der Waals surface area contributed by atoms with Gasteiger partial charge >= 0.3 is 6.55 Å². The molecule has 3 N–H and O–H groups in total. The number of fused-ring (bicyclic) bond motifs is 3. The number of halogens is 3. The van der Waals surface area contributed by atoms with Crippen LogP contribution in [0.5, 0.6) is 0 Å². The number of nitrogens with one attached hydrogen (secondary N) is 1. The molecule has 5 heterocycles. The molecule has 1 unspecified atom stereocenters. The van der Waals surface area contributed by atoms with Gasteiger partial charge in [-0.05, 0) is 18.8 Å². The lowest BCUT2D eigenvalue weighted by molar-refractivity contribution is 0.0574. The fourth-order valence-electron chi connectivity index (χ4n) is 5.69. The highest BCUT2D eigenvalue weighted by Gasteiger charge is 2.69. The quantitative estimate of drug-likeness (QED) is 0.353. The number of aromatic nitrogens is 7. The minimum absolute atomic E-state index is 0.0286. The summed E-state index contributed by atoms with van der Waals surface area (Å²) < 4.78 is 26.7. The Hall–Kier alpha value is -3.22. The number of nitrogens with zero attached hydrogens (tertiary/aromatic N) is 7. The molecular weight excluding hydrogens is 508 g/mol. The molecule has 1 aliphatic heterocycles. The fraction of sp³-hybridized carbons (Fsp3) is 0.348. The molecule has 2 aliphatic rings. The average molecular weight is 528 g/mol. The van der Waals surface area contributed by atoms with Gasteiger partial charge in [-0.1, -0.05) is 23.7 Å². The Labute approximate surface area is 212 Å². The van der Waals surface area contributed by atoms with Crippen molar-refractivity contribution in [2.75, 3.05) is 24.5 Å². The van der Waals surface area contributed by atoms with Gasteiger partial charge in [-0.2, -0.15) is 19.0 Å². The third kappa shape index (κ3) is 2.98. The lowest BCUT2D eigenvalue weighted by Crippen LogP contribution is -2.35. The number of alkyl halides is 2. The van der Waals surface area contributed by atoms with Crippen LogP contribution in [0.3, 0.4) is 0 Å². The summed E-state index contributed by atoms with van der Waals surface area (Å²) in [6.45, 7) is 1.54. The zero-order valence-corrected chi connectivity index (χ0v) is 20.6. The normalized spacial score (nSPS) is 23.3. The molecule has 9 nitrogen and oxygen atoms in total. The summed E-state index contributed by atoms with van der Waals surface area (Å²) in [5.41, 5.74) is 9.67. The van der Waals surface area contributed by atoms with Gasteiger partial charge in [0.2, 0.25) is 5.65 Å². The summed E-state index contributed by atoms with van der Waals surface area (Å²) in [4.78, 5) is 16.3. The molecule has 36 heavy (non-hydrogen) atoms. The van der Waals surface area contributed by atoms with Crippen LogP contribution in [-0.4, -0.2) is 54.6 Å². The van der Waals surface area contributed by atoms with Crippen LogP contribution in [-0.2, 0) is 5.41 Å². The average Bonchev–Trinajstić information content (AvgIpc) is 3.49. The van der Waals surface area contributed by atoms with Crippen LogP contribution in [0.25, 0.3) is 33.3 Å². The largest absolute Gasteiger partial charge is 0.355 e. The number of aromatic amines is 1. The monoisotopic (exact) mass is 527 g/mol. The van der Waals surface area contributed by atoms with Crippen molar-refractivity contribution in [3.8, 4) is 11.3 Å². The lowest BCUT2D eigenvalue weighted by Gasteiger charge is -2.25. The second-order valence-corrected chi connectivity index (χ2v) is 10.6. The van der Waals surface area contributed by atoms with Gasteiger partial charge in [0.05, 0.1) is 16.9 Å². The number of rotatable bonds is 5. The number of anilines is 1. The van der Waals surface area contributed by atoms with Crippen LogP contribution < -0.4 is 10.6 Å². The first-order valence-corrected chi connectivity index (χ1v) is 12.7. The van der Waals surface area contributed by atoms with Crippen molar-refractivity contribution in [2.24, 2.45) is 17.6 Å². The molecule has 184 valence electrons. The van der Waals surface area contributed by atoms with Crippen LogP contribution in [0.15, 0.2) is 29.9 Å². The van der Waals surface area contributed by atoms with Crippen LogP contribution >= 0.6 is 22.9 Å². The van der Waals surface area contributed by atoms with Crippen LogP contribution in [0, 0.1) is 18.8 Å². The van der Waals surface area contributed by atoms with E-state index in [-0.39, 0.29) is 16.0 Å². The molecule has 4 aromatic heterocycles. The molecule has 0 bridgehead atoms. The maximum atomic E-state index is 13.1. The van der Waals surface area contributed by atoms with E-state index in [4.69, 9.17) is 27.3 Å². The minimum Gasteiger partial charge on any atom is -0.355 e. The number of benzene rings is 1. The third-order valence-electron chi connectivity index (χ3n) is 7.57. The third-order valence-corrected chi connectivity index (χ3v) is 9.10. The van der Waals surface area contributed by atoms with Gasteiger partial charge in [0.1, 0.15) is 21.9 Å². The van der Waals surface area contributed by atoms with Crippen LogP contribution in [0.2, 0.25) is 5.02 Å². The Morgan fingerprint density at radius 2 is 2.06 bits per heavy atom. The molecule has 1 saturated carbocycles. The van der Waals surface area contributed by atoms with Gasteiger partial charge in [-0.3, -0.25) is 5.10 Å². The molecule has 5 aromatic rings. The minimum atomic E-state index is -2.74. The number of aryl methyl sites for hydroxylation is 1. The number of H-pyrrole nitrogens is 1. The van der Waals surface area contributed by atoms with Gasteiger partial charge in [-0.25, -0.2) is 19.6 Å². The standard InChI is InChI=1S/C23H20ClF2N9S/c1-10-8-36-21(29-10)23(9-27)13-6-34(7-14(13)23)15-4-28-19-18(31-32-20(19)30-15)12-3-2-11-5-35(22(25)26)33-17(11)16(12)24/h2-5,8,13-14,22H,6-7,9,27H2,1H3,(H,30,31,32)/t13-,14+,23?. The number of hydrogen-bond donors (Lipinski definition) is 2. The summed E-state index contributed by atoms with van der Waals surface area (Å²) in [7, 11) is 0. The van der Waals surface area contributed by atoms with E-state index in [1.165, 1.54) is 6.20 Å². The van der Waals surface area contributed by atoms with Crippen molar-refractivity contribution in [3.05, 3.63) is 45.6 Å². The molecule has 7 rings (SSSR count). The number of piperidine rings is 1. The zero-order valence-electron chi connectivity index (χ0n) is 19.0. The Balaban J connectivity index is 1.18. The molecule has 1 saturated heterocycles. The summed E-state index contributed by atoms with van der Waals surface area (Å²) in [6.07, 6.45) is 3.00. The zero-order chi connectivity index (χ0) is 24.8. The first-order chi connectivity index (χ1) is 17.4. The molecule has 3 atom stereocenters. The maximum Gasteiger partial charge on any atom is 0.333 e. The molecule has 1 aromatic carbocycles. The second kappa shape index (κ2) is 7.64. The van der Waals surface area contributed by atoms with E-state index in [9.17, 15) is 8.78 Å². The summed E-state index contributed by atoms with van der Waals surface area (Å²) in [5.74, 6) is 1.64. The van der Waals surface area contributed by atoms with Crippen molar-refractivity contribution in [1.82, 2.24) is 34.9 Å². The van der Waals surface area contributed by atoms with E-state index >= 15 is 0 Å². The van der Waals surface area contributed by atoms with Gasteiger partial charge in [-0.15, -0.1) is 11.3 Å². The van der Waals surface area contributed by atoms with Crippen molar-refractivity contribution >= 4 is 50.8 Å². The molecule has 0 amide bonds. The van der Waals surface area contributed by atoms with E-state index in [1.807, 2.05) is 6.92 Å². The highest BCUT2D eigenvalue weighted by molar-refractivity contribution is 7.09. The predicted octanol–water partition coefficient (Wildman–Crippen LogP) is 4.15. The fourth-order valence-corrected chi connectivity index (χ4v) is 7.13. The van der Waals surface area contributed by atoms with E-state index < -0.39 is 6.55 Å². The molecular formula is C23H20ClF2N9S. The SMILES string of the molecule is Cc1csc(C2(CN)[C@@H]3CN(c4cnc5c(-c6ccc7cn(C(F)F)nc7c6Cl)[nH]nc5n4)C[C@@H]32)n1. The van der Waals surface area contributed by atoms with Gasteiger partial charge in [0.15, 0.2) is 0 Å². The first-order valence-electron chi connectivity index (χ1n) is 11.5. The first kappa shape index (κ1) is 22.0. The van der Waals surface area contributed by atoms with Crippen molar-refractivity contribution < 1.29 is 8.78 Å². The number of thiazole rings is 1. The highest BCUT2D eigenvalue weighted by atomic mass is 35.5. The lowest BCUT2D eigenvalue weighted by atomic mass is 10.0. The molecule has 13 heteroatoms. The topological polar surface area (TPSA) is 114 Å². The molecule has 0 radical (unpaired) electrons. The summed E-state index contributed by atoms with van der Waals surface area (Å²) in [6, 6.07) is 3.44. The Morgan fingerprint density at radius 1 is 1.25 bits per heavy atom. The number of hydrogen-bond acceptors (Lipinski definition) is 8. The Kier molecular flexibility index (Phi) is 4.67. The van der Waals surface area contributed by atoms with Crippen LogP contribution in [0.1, 0.15) is 17.3 Å². The Morgan fingerprint density at radius 3 is 2.75 bits per heavy atom. The molecule has 2 fully saturated rings. The second-order valence-electron chi connectivity index (χ2n) is 9.41. The van der Waals surface area contributed by atoms with E-state index in [2.05, 4.69) is 30.6 Å². The number of nitrogens with two attached hydrogens (primary N) is 1. The van der Waals surface area contributed by atoms with Crippen LogP contribution in [0.4, 0.5) is 14.6 Å². The van der Waals surface area contributed by atoms with E-state index in [0.717, 1.165) is 29.6 Å². The maximum absolute atomic E-state index is 13.1. The van der Waals surface area contributed by atoms with Crippen molar-refractivity contribution in [3.63, 3.8) is 0 Å². The molecule has 1 aliphatic carbocycles. The smallest absolute Gasteiger partial charge is 0.333 e. The van der Waals surface area contributed by atoms with Crippen molar-refractivity contribution in [2.45, 2.75) is 18.9 Å². The summed E-state index contributed by atoms with van der Waals surface area (Å²) in [5, 5.41) is 15.2. The highest BCUT2D eigenvalue weighted by Crippen LogP contribution is 2.63. The van der Waals surface area contributed by atoms with Gasteiger partial charge in [0.25, 0.3) is 0 Å². The van der Waals surface area contributed by atoms with Gasteiger partial charge < -0.3 is 10.6 Å². The molecule has 0 spiro atoms. The summed E-state index contributed by atoms with van der Waals surface area (Å²) >= 11 is 8.26. The predicted molar refractivity (Wildman–Crippen MR) is 133 cm³/mol. The van der Waals surface area contributed by atoms with E-state index in [0.29, 0.717) is 50.9 Å². The van der Waals surface area contributed by atoms with Gasteiger partial charge in [0, 0.05) is 53.3 Å². The van der Waals surface area contributed by atoms with Crippen molar-refractivity contribution in [1.29, 1.82) is 0 Å². The Bertz CT molecular complexity index is 1630.